The van der Waals surface area contributed by atoms with Crippen molar-refractivity contribution in [3.63, 3.8) is 0 Å². The van der Waals surface area contributed by atoms with Crippen LogP contribution >= 0.6 is 0 Å². The average Bonchev–Trinajstić information content (AvgIpc) is 3.14. The van der Waals surface area contributed by atoms with Crippen LogP contribution < -0.4 is 15.1 Å². The van der Waals surface area contributed by atoms with Gasteiger partial charge in [0.25, 0.3) is 0 Å². The van der Waals surface area contributed by atoms with Crippen LogP contribution in [0.15, 0.2) is 58.3 Å². The molecule has 0 fully saturated rings. The predicted octanol–water partition coefficient (Wildman–Crippen LogP) is 3.14. The average molecular weight is 404 g/mol. The summed E-state index contributed by atoms with van der Waals surface area (Å²) in [7, 11) is 1.86. The van der Waals surface area contributed by atoms with Crippen molar-refractivity contribution in [1.82, 2.24) is 19.7 Å². The number of rotatable bonds is 3. The Morgan fingerprint density at radius 1 is 1.20 bits per heavy atom. The summed E-state index contributed by atoms with van der Waals surface area (Å²) < 4.78 is 19.5. The molecule has 0 unspecified atom stereocenters. The SMILES string of the molecule is Cn1cc(-c2cc(O[C@H]3Cc4cc5ccc(=O)oc5cc4OC3(C)C)ncn2)cn1. The number of aromatic nitrogens is 4. The lowest BCUT2D eigenvalue weighted by Crippen LogP contribution is -2.49. The Bertz CT molecular complexity index is 1310. The first kappa shape index (κ1) is 18.4. The van der Waals surface area contributed by atoms with Gasteiger partial charge in [-0.2, -0.15) is 5.10 Å². The molecule has 0 amide bonds. The predicted molar refractivity (Wildman–Crippen MR) is 110 cm³/mol. The molecule has 1 aliphatic heterocycles. The second kappa shape index (κ2) is 6.69. The molecular weight excluding hydrogens is 384 g/mol. The zero-order valence-corrected chi connectivity index (χ0v) is 16.8. The van der Waals surface area contributed by atoms with Crippen molar-refractivity contribution in [2.75, 3.05) is 0 Å². The molecular formula is C22H20N4O4. The largest absolute Gasteiger partial charge is 0.484 e. The maximum atomic E-state index is 11.5. The first-order chi connectivity index (χ1) is 14.4. The lowest BCUT2D eigenvalue weighted by Gasteiger charge is -2.39. The minimum atomic E-state index is -0.616. The third-order valence-electron chi connectivity index (χ3n) is 5.26. The van der Waals surface area contributed by atoms with Gasteiger partial charge in [-0.25, -0.2) is 14.8 Å². The minimum absolute atomic E-state index is 0.269. The summed E-state index contributed by atoms with van der Waals surface area (Å²) in [5.41, 5.74) is 2.13. The van der Waals surface area contributed by atoms with Gasteiger partial charge in [0, 0.05) is 48.8 Å². The van der Waals surface area contributed by atoms with Crippen LogP contribution in [0.5, 0.6) is 11.6 Å². The summed E-state index contributed by atoms with van der Waals surface area (Å²) in [6, 6.07) is 8.71. The Labute approximate surface area is 172 Å². The van der Waals surface area contributed by atoms with Crippen molar-refractivity contribution in [3.05, 3.63) is 65.0 Å². The highest BCUT2D eigenvalue weighted by Gasteiger charge is 2.39. The van der Waals surface area contributed by atoms with E-state index in [1.54, 1.807) is 29.1 Å². The zero-order valence-electron chi connectivity index (χ0n) is 16.8. The quantitative estimate of drug-likeness (QED) is 0.484. The molecule has 5 rings (SSSR count). The van der Waals surface area contributed by atoms with Crippen molar-refractivity contribution in [3.8, 4) is 22.9 Å². The summed E-state index contributed by atoms with van der Waals surface area (Å²) in [5.74, 6) is 1.17. The first-order valence-electron chi connectivity index (χ1n) is 9.61. The Balaban J connectivity index is 1.46. The van der Waals surface area contributed by atoms with E-state index >= 15 is 0 Å². The summed E-state index contributed by atoms with van der Waals surface area (Å²) >= 11 is 0. The van der Waals surface area contributed by atoms with Crippen molar-refractivity contribution in [2.24, 2.45) is 7.05 Å². The van der Waals surface area contributed by atoms with E-state index < -0.39 is 5.60 Å². The Kier molecular flexibility index (Phi) is 4.09. The molecule has 0 saturated heterocycles. The van der Waals surface area contributed by atoms with Crippen LogP contribution in [-0.2, 0) is 13.5 Å². The van der Waals surface area contributed by atoms with Gasteiger partial charge in [-0.1, -0.05) is 0 Å². The lowest BCUT2D eigenvalue weighted by molar-refractivity contribution is -0.0287. The number of benzene rings is 1. The fourth-order valence-electron chi connectivity index (χ4n) is 3.64. The number of ether oxygens (including phenoxy) is 2. The van der Waals surface area contributed by atoms with Crippen molar-refractivity contribution >= 4 is 11.0 Å². The van der Waals surface area contributed by atoms with Crippen molar-refractivity contribution in [2.45, 2.75) is 32.0 Å². The van der Waals surface area contributed by atoms with Crippen molar-refractivity contribution < 1.29 is 13.9 Å². The molecule has 1 aromatic carbocycles. The number of fused-ring (bicyclic) bond motifs is 2. The Morgan fingerprint density at radius 3 is 2.87 bits per heavy atom. The van der Waals surface area contributed by atoms with E-state index in [4.69, 9.17) is 13.9 Å². The van der Waals surface area contributed by atoms with Crippen LogP contribution in [0.3, 0.4) is 0 Å². The van der Waals surface area contributed by atoms with Crippen LogP contribution in [0.1, 0.15) is 19.4 Å². The van der Waals surface area contributed by atoms with Gasteiger partial charge in [-0.15, -0.1) is 0 Å². The molecule has 0 radical (unpaired) electrons. The fraction of sp³-hybridized carbons (Fsp3) is 0.273. The van der Waals surface area contributed by atoms with Gasteiger partial charge in [0.1, 0.15) is 29.4 Å². The van der Waals surface area contributed by atoms with Crippen LogP contribution in [0, 0.1) is 0 Å². The molecule has 1 atom stereocenters. The maximum absolute atomic E-state index is 11.5. The number of aryl methyl sites for hydroxylation is 1. The second-order valence-corrected chi connectivity index (χ2v) is 7.91. The van der Waals surface area contributed by atoms with E-state index in [0.717, 1.165) is 22.2 Å². The van der Waals surface area contributed by atoms with Gasteiger partial charge in [-0.3, -0.25) is 4.68 Å². The molecule has 0 N–H and O–H groups in total. The standard InChI is InChI=1S/C22H20N4O4/c1-22(2)19(29-20-8-16(23-12-24-20)15-10-25-26(3)11-15)7-14-6-13-4-5-21(27)28-17(13)9-18(14)30-22/h4-6,8-12,19H,7H2,1-3H3/t19-/m0/s1. The monoisotopic (exact) mass is 404 g/mol. The van der Waals surface area contributed by atoms with Crippen LogP contribution in [-0.4, -0.2) is 31.5 Å². The fourth-order valence-corrected chi connectivity index (χ4v) is 3.64. The summed E-state index contributed by atoms with van der Waals surface area (Å²) in [4.78, 5) is 20.1. The molecule has 0 aliphatic carbocycles. The lowest BCUT2D eigenvalue weighted by atomic mass is 9.90. The molecule has 30 heavy (non-hydrogen) atoms. The second-order valence-electron chi connectivity index (χ2n) is 7.91. The Hall–Kier alpha value is -3.68. The third kappa shape index (κ3) is 3.30. The van der Waals surface area contributed by atoms with Crippen LogP contribution in [0.2, 0.25) is 0 Å². The van der Waals surface area contributed by atoms with E-state index in [1.165, 1.54) is 12.4 Å². The maximum Gasteiger partial charge on any atom is 0.336 e. The molecule has 8 nitrogen and oxygen atoms in total. The molecule has 4 heterocycles. The van der Waals surface area contributed by atoms with Crippen LogP contribution in [0.25, 0.3) is 22.2 Å². The Morgan fingerprint density at radius 2 is 2.07 bits per heavy atom. The number of hydrogen-bond acceptors (Lipinski definition) is 7. The highest BCUT2D eigenvalue weighted by atomic mass is 16.6. The topological polar surface area (TPSA) is 92.3 Å². The van der Waals surface area contributed by atoms with E-state index in [-0.39, 0.29) is 11.7 Å². The van der Waals surface area contributed by atoms with E-state index in [1.807, 2.05) is 33.2 Å². The van der Waals surface area contributed by atoms with E-state index in [0.29, 0.717) is 23.6 Å². The number of hydrogen-bond donors (Lipinski definition) is 0. The summed E-state index contributed by atoms with van der Waals surface area (Å²) in [6.07, 6.45) is 5.48. The van der Waals surface area contributed by atoms with Crippen LogP contribution in [0.4, 0.5) is 0 Å². The zero-order chi connectivity index (χ0) is 20.9. The molecule has 3 aromatic heterocycles. The highest BCUT2D eigenvalue weighted by molar-refractivity contribution is 5.79. The molecule has 1 aliphatic rings. The van der Waals surface area contributed by atoms with Gasteiger partial charge in [0.05, 0.1) is 11.9 Å². The molecule has 0 spiro atoms. The normalized spacial score (nSPS) is 17.4. The molecule has 152 valence electrons. The van der Waals surface area contributed by atoms with E-state index in [2.05, 4.69) is 15.1 Å². The molecule has 4 aromatic rings. The highest BCUT2D eigenvalue weighted by Crippen LogP contribution is 2.37. The smallest absolute Gasteiger partial charge is 0.336 e. The summed E-state index contributed by atoms with van der Waals surface area (Å²) in [6.45, 7) is 3.93. The molecule has 0 saturated carbocycles. The molecule has 8 heteroatoms. The van der Waals surface area contributed by atoms with Gasteiger partial charge < -0.3 is 13.9 Å². The van der Waals surface area contributed by atoms with Gasteiger partial charge >= 0.3 is 5.63 Å². The van der Waals surface area contributed by atoms with Crippen molar-refractivity contribution in [1.29, 1.82) is 0 Å². The number of nitrogens with zero attached hydrogens (tertiary/aromatic N) is 4. The van der Waals surface area contributed by atoms with Gasteiger partial charge in [0.2, 0.25) is 5.88 Å². The minimum Gasteiger partial charge on any atom is -0.484 e. The summed E-state index contributed by atoms with van der Waals surface area (Å²) in [5, 5.41) is 5.03. The van der Waals surface area contributed by atoms with Gasteiger partial charge in [0.15, 0.2) is 0 Å². The molecule has 0 bridgehead atoms. The van der Waals surface area contributed by atoms with Gasteiger partial charge in [-0.05, 0) is 31.5 Å². The first-order valence-corrected chi connectivity index (χ1v) is 9.61. The third-order valence-corrected chi connectivity index (χ3v) is 5.26. The van der Waals surface area contributed by atoms with E-state index in [9.17, 15) is 4.79 Å².